The third-order valence-electron chi connectivity index (χ3n) is 2.59. The number of aryl methyl sites for hydroxylation is 1. The van der Waals surface area contributed by atoms with Gasteiger partial charge in [-0.25, -0.2) is 0 Å². The van der Waals surface area contributed by atoms with Crippen LogP contribution in [-0.2, 0) is 6.42 Å². The number of benzene rings is 1. The lowest BCUT2D eigenvalue weighted by Crippen LogP contribution is -1.88. The van der Waals surface area contributed by atoms with Crippen LogP contribution < -0.4 is 0 Å². The Kier molecular flexibility index (Phi) is 1.90. The van der Waals surface area contributed by atoms with Crippen molar-refractivity contribution >= 4 is 39.6 Å². The molecule has 0 atom stereocenters. The maximum atomic E-state index is 5.79. The van der Waals surface area contributed by atoms with Gasteiger partial charge in [0.05, 0.1) is 0 Å². The van der Waals surface area contributed by atoms with Gasteiger partial charge in [-0.15, -0.1) is 0 Å². The van der Waals surface area contributed by atoms with E-state index < -0.39 is 0 Å². The van der Waals surface area contributed by atoms with E-state index in [1.54, 1.807) is 0 Å². The van der Waals surface area contributed by atoms with Crippen molar-refractivity contribution in [1.82, 2.24) is 0 Å². The van der Waals surface area contributed by atoms with Gasteiger partial charge in [0, 0.05) is 20.9 Å². The molecule has 1 aromatic heterocycles. The van der Waals surface area contributed by atoms with E-state index in [4.69, 9.17) is 4.42 Å². The highest BCUT2D eigenvalue weighted by Crippen LogP contribution is 2.31. The van der Waals surface area contributed by atoms with Crippen LogP contribution in [-0.4, -0.2) is 0 Å². The number of fused-ring (bicyclic) bond motifs is 3. The average molecular weight is 296 g/mol. The summed E-state index contributed by atoms with van der Waals surface area (Å²) >= 11 is 2.33. The lowest BCUT2D eigenvalue weighted by atomic mass is 10.0. The molecule has 0 N–H and O–H groups in total. The van der Waals surface area contributed by atoms with Gasteiger partial charge in [0.1, 0.15) is 11.3 Å². The van der Waals surface area contributed by atoms with Gasteiger partial charge in [-0.2, -0.15) is 0 Å². The highest BCUT2D eigenvalue weighted by Gasteiger charge is 2.13. The van der Waals surface area contributed by atoms with Gasteiger partial charge >= 0.3 is 0 Å². The van der Waals surface area contributed by atoms with Crippen molar-refractivity contribution < 1.29 is 4.42 Å². The van der Waals surface area contributed by atoms with Gasteiger partial charge in [-0.05, 0) is 47.2 Å². The molecule has 0 spiro atoms. The van der Waals surface area contributed by atoms with Crippen molar-refractivity contribution in [2.45, 2.75) is 12.8 Å². The Balaban J connectivity index is 2.39. The molecule has 0 saturated heterocycles. The lowest BCUT2D eigenvalue weighted by molar-refractivity contribution is 0.546. The van der Waals surface area contributed by atoms with E-state index in [0.717, 1.165) is 24.2 Å². The van der Waals surface area contributed by atoms with Gasteiger partial charge in [-0.1, -0.05) is 12.2 Å². The fraction of sp³-hybridized carbons (Fsp3) is 0.167. The van der Waals surface area contributed by atoms with Crippen LogP contribution in [0.15, 0.2) is 28.7 Å². The van der Waals surface area contributed by atoms with E-state index in [9.17, 15) is 0 Å². The molecule has 0 fully saturated rings. The molecular weight excluding hydrogens is 287 g/mol. The summed E-state index contributed by atoms with van der Waals surface area (Å²) in [7, 11) is 0. The molecule has 0 unspecified atom stereocenters. The molecule has 70 valence electrons. The zero-order valence-corrected chi connectivity index (χ0v) is 9.74. The second-order valence-electron chi connectivity index (χ2n) is 3.52. The number of allylic oxidation sites excluding steroid dienone is 1. The maximum absolute atomic E-state index is 5.79. The van der Waals surface area contributed by atoms with Crippen molar-refractivity contribution in [2.75, 3.05) is 0 Å². The van der Waals surface area contributed by atoms with E-state index in [2.05, 4.69) is 52.9 Å². The van der Waals surface area contributed by atoms with Gasteiger partial charge in [-0.3, -0.25) is 0 Å². The summed E-state index contributed by atoms with van der Waals surface area (Å²) in [6.07, 6.45) is 6.54. The monoisotopic (exact) mass is 296 g/mol. The molecule has 1 aliphatic rings. The van der Waals surface area contributed by atoms with E-state index >= 15 is 0 Å². The maximum Gasteiger partial charge on any atom is 0.134 e. The van der Waals surface area contributed by atoms with Gasteiger partial charge < -0.3 is 4.42 Å². The Morgan fingerprint density at radius 1 is 1.29 bits per heavy atom. The van der Waals surface area contributed by atoms with E-state index in [1.165, 1.54) is 14.5 Å². The number of hydrogen-bond acceptors (Lipinski definition) is 1. The molecule has 14 heavy (non-hydrogen) atoms. The lowest BCUT2D eigenvalue weighted by Gasteiger charge is -2.01. The minimum Gasteiger partial charge on any atom is -0.460 e. The number of halogens is 1. The number of rotatable bonds is 0. The zero-order valence-electron chi connectivity index (χ0n) is 7.59. The molecule has 2 heteroatoms. The summed E-state index contributed by atoms with van der Waals surface area (Å²) in [5.41, 5.74) is 2.30. The minimum atomic E-state index is 1.02. The van der Waals surface area contributed by atoms with Crippen molar-refractivity contribution in [3.05, 3.63) is 39.2 Å². The second kappa shape index (κ2) is 3.12. The molecular formula is C12H9IO. The molecule has 0 bridgehead atoms. The fourth-order valence-electron chi connectivity index (χ4n) is 1.92. The molecule has 0 amide bonds. The predicted octanol–water partition coefficient (Wildman–Crippen LogP) is 4.00. The van der Waals surface area contributed by atoms with E-state index in [1.807, 2.05) is 0 Å². The van der Waals surface area contributed by atoms with Crippen LogP contribution in [0.4, 0.5) is 0 Å². The second-order valence-corrected chi connectivity index (χ2v) is 4.77. The fourth-order valence-corrected chi connectivity index (χ4v) is 2.41. The van der Waals surface area contributed by atoms with Gasteiger partial charge in [0.15, 0.2) is 0 Å². The summed E-state index contributed by atoms with van der Waals surface area (Å²) in [5, 5.41) is 1.25. The summed E-state index contributed by atoms with van der Waals surface area (Å²) in [4.78, 5) is 0. The molecule has 3 rings (SSSR count). The first-order valence-corrected chi connectivity index (χ1v) is 5.80. The molecule has 2 aromatic rings. The van der Waals surface area contributed by atoms with Crippen LogP contribution in [0.2, 0.25) is 0 Å². The van der Waals surface area contributed by atoms with E-state index in [0.29, 0.717) is 0 Å². The first-order valence-electron chi connectivity index (χ1n) is 4.72. The van der Waals surface area contributed by atoms with Crippen LogP contribution in [0, 0.1) is 3.57 Å². The number of furan rings is 1. The van der Waals surface area contributed by atoms with Gasteiger partial charge in [0.2, 0.25) is 0 Å². The van der Waals surface area contributed by atoms with Crippen LogP contribution >= 0.6 is 22.6 Å². The third kappa shape index (κ3) is 1.21. The summed E-state index contributed by atoms with van der Waals surface area (Å²) in [6, 6.07) is 6.33. The van der Waals surface area contributed by atoms with Crippen molar-refractivity contribution in [3.8, 4) is 0 Å². The van der Waals surface area contributed by atoms with Crippen LogP contribution in [0.3, 0.4) is 0 Å². The Bertz CT molecular complexity index is 522. The van der Waals surface area contributed by atoms with Crippen molar-refractivity contribution in [2.24, 2.45) is 0 Å². The topological polar surface area (TPSA) is 13.1 Å². The smallest absolute Gasteiger partial charge is 0.134 e. The summed E-state index contributed by atoms with van der Waals surface area (Å²) < 4.78 is 7.05. The quantitative estimate of drug-likeness (QED) is 0.670. The Hall–Kier alpha value is -0.770. The highest BCUT2D eigenvalue weighted by atomic mass is 127. The first-order chi connectivity index (χ1) is 6.84. The largest absolute Gasteiger partial charge is 0.460 e. The number of hydrogen-bond donors (Lipinski definition) is 0. The van der Waals surface area contributed by atoms with Crippen molar-refractivity contribution in [3.63, 3.8) is 0 Å². The highest BCUT2D eigenvalue weighted by molar-refractivity contribution is 14.1. The van der Waals surface area contributed by atoms with Crippen LogP contribution in [0.1, 0.15) is 17.7 Å². The Morgan fingerprint density at radius 3 is 3.14 bits per heavy atom. The van der Waals surface area contributed by atoms with E-state index in [-0.39, 0.29) is 0 Å². The summed E-state index contributed by atoms with van der Waals surface area (Å²) in [5.74, 6) is 1.14. The molecule has 0 saturated carbocycles. The normalized spacial score (nSPS) is 14.6. The molecule has 1 aliphatic carbocycles. The first kappa shape index (κ1) is 8.53. The summed E-state index contributed by atoms with van der Waals surface area (Å²) in [6.45, 7) is 0. The third-order valence-corrected chi connectivity index (χ3v) is 3.26. The van der Waals surface area contributed by atoms with Crippen molar-refractivity contribution in [1.29, 1.82) is 0 Å². The van der Waals surface area contributed by atoms with Crippen LogP contribution in [0.5, 0.6) is 0 Å². The molecule has 1 heterocycles. The zero-order chi connectivity index (χ0) is 9.54. The molecule has 1 aromatic carbocycles. The standard InChI is InChI=1S/C12H9IO/c13-8-5-6-12-10(7-8)9-3-1-2-4-11(9)14-12/h1,3,5-7H,2,4H2. The predicted molar refractivity (Wildman–Crippen MR) is 66.3 cm³/mol. The molecule has 0 aliphatic heterocycles. The van der Waals surface area contributed by atoms with Crippen LogP contribution in [0.25, 0.3) is 17.0 Å². The molecule has 0 radical (unpaired) electrons. The molecule has 1 nitrogen and oxygen atoms in total. The SMILES string of the molecule is Ic1ccc2oc3c(c2c1)C=CCC3. The van der Waals surface area contributed by atoms with Gasteiger partial charge in [0.25, 0.3) is 0 Å². The minimum absolute atomic E-state index is 1.02. The Labute approximate surface area is 95.9 Å². The Morgan fingerprint density at radius 2 is 2.21 bits per heavy atom. The average Bonchev–Trinajstić information content (AvgIpc) is 2.56.